The van der Waals surface area contributed by atoms with Crippen LogP contribution in [-0.4, -0.2) is 24.6 Å². The molecule has 0 aliphatic heterocycles. The molecule has 2 atom stereocenters. The predicted molar refractivity (Wildman–Crippen MR) is 137 cm³/mol. The molecule has 1 aromatic carbocycles. The van der Waals surface area contributed by atoms with E-state index >= 15 is 0 Å². The van der Waals surface area contributed by atoms with E-state index in [-0.39, 0.29) is 34.1 Å². The number of rotatable bonds is 5. The number of halogens is 2. The van der Waals surface area contributed by atoms with E-state index in [9.17, 15) is 14.3 Å². The second kappa shape index (κ2) is 8.91. The number of aromatic nitrogens is 4. The number of nitrogens with zero attached hydrogens (tertiary/aromatic N) is 4. The van der Waals surface area contributed by atoms with Crippen LogP contribution in [0.3, 0.4) is 0 Å². The van der Waals surface area contributed by atoms with E-state index in [1.807, 2.05) is 26.0 Å². The quantitative estimate of drug-likeness (QED) is 0.383. The van der Waals surface area contributed by atoms with Gasteiger partial charge in [0.25, 0.3) is 5.56 Å². The van der Waals surface area contributed by atoms with Gasteiger partial charge in [-0.25, -0.2) is 14.4 Å². The van der Waals surface area contributed by atoms with Gasteiger partial charge in [-0.2, -0.15) is 0 Å². The topological polar surface area (TPSA) is 80.9 Å². The Hall–Kier alpha value is -3.42. The van der Waals surface area contributed by atoms with Crippen LogP contribution in [0, 0.1) is 19.7 Å². The van der Waals surface area contributed by atoms with Crippen molar-refractivity contribution in [1.29, 1.82) is 0 Å². The van der Waals surface area contributed by atoms with Gasteiger partial charge in [0.1, 0.15) is 16.4 Å². The maximum absolute atomic E-state index is 13.7. The minimum atomic E-state index is -1.20. The van der Waals surface area contributed by atoms with Gasteiger partial charge < -0.3 is 5.11 Å². The van der Waals surface area contributed by atoms with Gasteiger partial charge in [0.05, 0.1) is 17.1 Å². The Morgan fingerprint density at radius 1 is 1.08 bits per heavy atom. The van der Waals surface area contributed by atoms with Gasteiger partial charge in [0.2, 0.25) is 0 Å². The lowest BCUT2D eigenvalue weighted by Gasteiger charge is -2.17. The molecule has 0 unspecified atom stereocenters. The molecule has 0 bridgehead atoms. The number of pyridine rings is 2. The molecule has 0 spiro atoms. The first-order chi connectivity index (χ1) is 17.0. The second-order valence-electron chi connectivity index (χ2n) is 9.88. The molecule has 184 valence electrons. The van der Waals surface area contributed by atoms with Crippen molar-refractivity contribution < 1.29 is 9.50 Å². The van der Waals surface area contributed by atoms with Crippen LogP contribution >= 0.6 is 11.6 Å². The minimum absolute atomic E-state index is 0.0794. The number of benzene rings is 1. The number of aliphatic hydroxyl groups is 1. The van der Waals surface area contributed by atoms with Crippen LogP contribution in [0.15, 0.2) is 59.7 Å². The molecule has 0 amide bonds. The smallest absolute Gasteiger partial charge is 0.274 e. The molecule has 6 nitrogen and oxygen atoms in total. The lowest BCUT2D eigenvalue weighted by atomic mass is 10.0. The summed E-state index contributed by atoms with van der Waals surface area (Å²) in [4.78, 5) is 26.6. The molecular formula is C28H26ClFN4O2. The van der Waals surface area contributed by atoms with Gasteiger partial charge in [-0.3, -0.25) is 14.3 Å². The normalized spacial score (nSPS) is 17.3. The van der Waals surface area contributed by atoms with E-state index in [0.717, 1.165) is 28.8 Å². The van der Waals surface area contributed by atoms with Crippen LogP contribution in [-0.2, 0) is 5.60 Å². The summed E-state index contributed by atoms with van der Waals surface area (Å²) < 4.78 is 15.3. The summed E-state index contributed by atoms with van der Waals surface area (Å²) in [5.74, 6) is 0.237. The first-order valence-electron chi connectivity index (χ1n) is 11.8. The molecule has 1 aliphatic carbocycles. The van der Waals surface area contributed by atoms with Crippen molar-refractivity contribution in [1.82, 2.24) is 19.5 Å². The summed E-state index contributed by atoms with van der Waals surface area (Å²) in [5, 5.41) is 10.5. The predicted octanol–water partition coefficient (Wildman–Crippen LogP) is 5.60. The molecule has 1 aliphatic rings. The van der Waals surface area contributed by atoms with Crippen LogP contribution < -0.4 is 5.56 Å². The molecular weight excluding hydrogens is 479 g/mol. The zero-order valence-corrected chi connectivity index (χ0v) is 21.2. The molecule has 1 fully saturated rings. The molecule has 3 aromatic heterocycles. The Morgan fingerprint density at radius 3 is 2.58 bits per heavy atom. The third-order valence-corrected chi connectivity index (χ3v) is 6.99. The van der Waals surface area contributed by atoms with Gasteiger partial charge in [-0.1, -0.05) is 23.7 Å². The molecule has 0 saturated heterocycles. The lowest BCUT2D eigenvalue weighted by Crippen LogP contribution is -2.23. The van der Waals surface area contributed by atoms with E-state index in [1.165, 1.54) is 6.07 Å². The fraction of sp³-hybridized carbons (Fsp3) is 0.286. The first-order valence-corrected chi connectivity index (χ1v) is 12.1. The van der Waals surface area contributed by atoms with E-state index in [4.69, 9.17) is 11.6 Å². The highest BCUT2D eigenvalue weighted by Crippen LogP contribution is 2.55. The summed E-state index contributed by atoms with van der Waals surface area (Å²) in [7, 11) is 0. The fourth-order valence-electron chi connectivity index (χ4n) is 4.64. The van der Waals surface area contributed by atoms with Gasteiger partial charge >= 0.3 is 0 Å². The van der Waals surface area contributed by atoms with Crippen molar-refractivity contribution in [3.63, 3.8) is 0 Å². The SMILES string of the molecule is Cc1cnc(-c2ccnc(C(C)(C)O)n2)cc1-n1c(C)cc([C@H]2C[C@@H]2c2cccc(F)c2)c(Cl)c1=O. The molecule has 4 aromatic rings. The number of hydrogen-bond donors (Lipinski definition) is 1. The monoisotopic (exact) mass is 504 g/mol. The average molecular weight is 505 g/mol. The maximum atomic E-state index is 13.7. The van der Waals surface area contributed by atoms with Crippen LogP contribution in [0.2, 0.25) is 5.02 Å². The lowest BCUT2D eigenvalue weighted by molar-refractivity contribution is 0.0688. The first kappa shape index (κ1) is 24.3. The number of aryl methyl sites for hydroxylation is 2. The van der Waals surface area contributed by atoms with E-state index < -0.39 is 5.60 Å². The van der Waals surface area contributed by atoms with Crippen LogP contribution in [0.4, 0.5) is 4.39 Å². The fourth-order valence-corrected chi connectivity index (χ4v) is 4.92. The van der Waals surface area contributed by atoms with Crippen LogP contribution in [0.5, 0.6) is 0 Å². The molecule has 36 heavy (non-hydrogen) atoms. The van der Waals surface area contributed by atoms with Crippen molar-refractivity contribution in [3.05, 3.63) is 104 Å². The van der Waals surface area contributed by atoms with Gasteiger partial charge in [-0.15, -0.1) is 0 Å². The van der Waals surface area contributed by atoms with Crippen molar-refractivity contribution in [2.75, 3.05) is 0 Å². The highest BCUT2D eigenvalue weighted by Gasteiger charge is 2.41. The largest absolute Gasteiger partial charge is 0.382 e. The third kappa shape index (κ3) is 4.45. The van der Waals surface area contributed by atoms with Crippen LogP contribution in [0.1, 0.15) is 60.3 Å². The van der Waals surface area contributed by atoms with Gasteiger partial charge in [0.15, 0.2) is 5.82 Å². The van der Waals surface area contributed by atoms with E-state index in [1.54, 1.807) is 55.1 Å². The van der Waals surface area contributed by atoms with Crippen molar-refractivity contribution >= 4 is 11.6 Å². The molecule has 1 N–H and O–H groups in total. The summed E-state index contributed by atoms with van der Waals surface area (Å²) in [6.07, 6.45) is 4.08. The summed E-state index contributed by atoms with van der Waals surface area (Å²) in [5.41, 5.74) is 3.47. The maximum Gasteiger partial charge on any atom is 0.274 e. The van der Waals surface area contributed by atoms with E-state index in [0.29, 0.717) is 17.1 Å². The Bertz CT molecular complexity index is 1540. The Labute approximate surface area is 213 Å². The summed E-state index contributed by atoms with van der Waals surface area (Å²) >= 11 is 6.65. The summed E-state index contributed by atoms with van der Waals surface area (Å²) in [6.45, 7) is 6.98. The van der Waals surface area contributed by atoms with Crippen molar-refractivity contribution in [3.8, 4) is 17.1 Å². The average Bonchev–Trinajstić information content (AvgIpc) is 3.63. The third-order valence-electron chi connectivity index (χ3n) is 6.61. The minimum Gasteiger partial charge on any atom is -0.382 e. The highest BCUT2D eigenvalue weighted by atomic mass is 35.5. The summed E-state index contributed by atoms with van der Waals surface area (Å²) in [6, 6.07) is 12.0. The zero-order chi connectivity index (χ0) is 25.8. The van der Waals surface area contributed by atoms with Crippen LogP contribution in [0.25, 0.3) is 17.1 Å². The Balaban J connectivity index is 1.54. The molecule has 8 heteroatoms. The molecule has 5 rings (SSSR count). The standard InChI is InChI=1S/C28H26ClFN4O2/c1-15-14-32-23(22-8-9-31-27(33-22)28(3,4)36)13-24(15)34-16(2)10-21(25(29)26(34)35)20-12-19(20)17-6-5-7-18(30)11-17/h5-11,13-14,19-20,36H,12H2,1-4H3/t19-,20+/m1/s1. The van der Waals surface area contributed by atoms with Crippen molar-refractivity contribution in [2.24, 2.45) is 0 Å². The zero-order valence-electron chi connectivity index (χ0n) is 20.5. The number of hydrogen-bond acceptors (Lipinski definition) is 5. The Morgan fingerprint density at radius 2 is 1.86 bits per heavy atom. The highest BCUT2D eigenvalue weighted by molar-refractivity contribution is 6.31. The molecule has 0 radical (unpaired) electrons. The molecule has 1 saturated carbocycles. The van der Waals surface area contributed by atoms with Crippen molar-refractivity contribution in [2.45, 2.75) is 51.6 Å². The second-order valence-corrected chi connectivity index (χ2v) is 10.3. The van der Waals surface area contributed by atoms with Gasteiger partial charge in [0, 0.05) is 18.1 Å². The Kier molecular flexibility index (Phi) is 6.01. The van der Waals surface area contributed by atoms with E-state index in [2.05, 4.69) is 15.0 Å². The van der Waals surface area contributed by atoms with Gasteiger partial charge in [-0.05, 0) is 93.0 Å². The molecule has 3 heterocycles.